The summed E-state index contributed by atoms with van der Waals surface area (Å²) in [6, 6.07) is 8.05. The molecule has 0 unspecified atom stereocenters. The SMILES string of the molecule is CSc1ccc(NCC2(C(=O)O)CC2)cc1. The van der Waals surface area contributed by atoms with E-state index in [1.807, 2.05) is 30.5 Å². The molecule has 0 saturated heterocycles. The van der Waals surface area contributed by atoms with E-state index >= 15 is 0 Å². The molecule has 0 spiro atoms. The smallest absolute Gasteiger partial charge is 0.311 e. The maximum atomic E-state index is 11.0. The summed E-state index contributed by atoms with van der Waals surface area (Å²) in [6.07, 6.45) is 3.61. The second-order valence-corrected chi connectivity index (χ2v) is 5.05. The van der Waals surface area contributed by atoms with Gasteiger partial charge in [0.15, 0.2) is 0 Å². The maximum Gasteiger partial charge on any atom is 0.311 e. The van der Waals surface area contributed by atoms with Crippen molar-refractivity contribution in [2.24, 2.45) is 5.41 Å². The first-order valence-corrected chi connectivity index (χ1v) is 6.50. The van der Waals surface area contributed by atoms with Gasteiger partial charge in [-0.15, -0.1) is 11.8 Å². The van der Waals surface area contributed by atoms with Crippen molar-refractivity contribution in [2.75, 3.05) is 18.1 Å². The van der Waals surface area contributed by atoms with Crippen molar-refractivity contribution < 1.29 is 9.90 Å². The summed E-state index contributed by atoms with van der Waals surface area (Å²) in [5.74, 6) is -0.680. The lowest BCUT2D eigenvalue weighted by Crippen LogP contribution is -2.24. The lowest BCUT2D eigenvalue weighted by atomic mass is 10.1. The Morgan fingerprint density at radius 1 is 1.44 bits per heavy atom. The van der Waals surface area contributed by atoms with Gasteiger partial charge < -0.3 is 10.4 Å². The summed E-state index contributed by atoms with van der Waals surface area (Å²) >= 11 is 1.70. The van der Waals surface area contributed by atoms with Gasteiger partial charge in [-0.2, -0.15) is 0 Å². The molecule has 0 radical (unpaired) electrons. The van der Waals surface area contributed by atoms with Crippen LogP contribution in [0.1, 0.15) is 12.8 Å². The van der Waals surface area contributed by atoms with E-state index in [1.165, 1.54) is 4.90 Å². The minimum atomic E-state index is -0.680. The molecule has 2 N–H and O–H groups in total. The Morgan fingerprint density at radius 2 is 2.06 bits per heavy atom. The van der Waals surface area contributed by atoms with Crippen LogP contribution in [0.25, 0.3) is 0 Å². The molecule has 1 aromatic rings. The number of carbonyl (C=O) groups is 1. The van der Waals surface area contributed by atoms with Crippen molar-refractivity contribution in [1.82, 2.24) is 0 Å². The van der Waals surface area contributed by atoms with Crippen LogP contribution in [0, 0.1) is 5.41 Å². The van der Waals surface area contributed by atoms with Crippen molar-refractivity contribution in [3.05, 3.63) is 24.3 Å². The summed E-state index contributed by atoms with van der Waals surface area (Å²) in [5, 5.41) is 12.2. The Hall–Kier alpha value is -1.16. The fourth-order valence-electron chi connectivity index (χ4n) is 1.60. The van der Waals surface area contributed by atoms with Crippen LogP contribution in [0.3, 0.4) is 0 Å². The average molecular weight is 237 g/mol. The van der Waals surface area contributed by atoms with Crippen LogP contribution in [0.4, 0.5) is 5.69 Å². The first kappa shape index (κ1) is 11.3. The molecule has 3 nitrogen and oxygen atoms in total. The van der Waals surface area contributed by atoms with Crippen LogP contribution in [-0.2, 0) is 4.79 Å². The van der Waals surface area contributed by atoms with Crippen molar-refractivity contribution >= 4 is 23.4 Å². The third-order valence-electron chi connectivity index (χ3n) is 3.03. The first-order chi connectivity index (χ1) is 7.66. The lowest BCUT2D eigenvalue weighted by molar-refractivity contribution is -0.142. The number of benzene rings is 1. The molecule has 4 heteroatoms. The Labute approximate surface area is 99.2 Å². The highest BCUT2D eigenvalue weighted by Gasteiger charge is 2.49. The van der Waals surface area contributed by atoms with E-state index in [0.717, 1.165) is 18.5 Å². The fourth-order valence-corrected chi connectivity index (χ4v) is 2.01. The molecule has 0 aromatic heterocycles. The zero-order valence-electron chi connectivity index (χ0n) is 9.19. The molecule has 0 heterocycles. The van der Waals surface area contributed by atoms with E-state index in [4.69, 9.17) is 5.11 Å². The van der Waals surface area contributed by atoms with Gasteiger partial charge in [-0.25, -0.2) is 0 Å². The number of carboxylic acids is 1. The summed E-state index contributed by atoms with van der Waals surface area (Å²) in [6.45, 7) is 0.529. The van der Waals surface area contributed by atoms with Gasteiger partial charge in [-0.1, -0.05) is 0 Å². The molecule has 86 valence electrons. The van der Waals surface area contributed by atoms with Crippen LogP contribution in [0.2, 0.25) is 0 Å². The Bertz CT molecular complexity index is 385. The Morgan fingerprint density at radius 3 is 2.50 bits per heavy atom. The van der Waals surface area contributed by atoms with E-state index in [1.54, 1.807) is 11.8 Å². The molecule has 1 saturated carbocycles. The standard InChI is InChI=1S/C12H15NO2S/c1-16-10-4-2-9(3-5-10)13-8-12(6-7-12)11(14)15/h2-5,13H,6-8H2,1H3,(H,14,15). The third kappa shape index (κ3) is 2.32. The Balaban J connectivity index is 1.92. The highest BCUT2D eigenvalue weighted by atomic mass is 32.2. The van der Waals surface area contributed by atoms with Crippen molar-refractivity contribution in [3.63, 3.8) is 0 Å². The van der Waals surface area contributed by atoms with Gasteiger partial charge in [0.1, 0.15) is 0 Å². The predicted octanol–water partition coefficient (Wildman–Crippen LogP) is 2.69. The summed E-state index contributed by atoms with van der Waals surface area (Å²) in [5.41, 5.74) is 0.489. The highest BCUT2D eigenvalue weighted by Crippen LogP contribution is 2.45. The number of hydrogen-bond donors (Lipinski definition) is 2. The minimum Gasteiger partial charge on any atom is -0.481 e. The van der Waals surface area contributed by atoms with Gasteiger partial charge in [0.25, 0.3) is 0 Å². The summed E-state index contributed by atoms with van der Waals surface area (Å²) < 4.78 is 0. The zero-order valence-corrected chi connectivity index (χ0v) is 10.0. The van der Waals surface area contributed by atoms with E-state index in [2.05, 4.69) is 5.32 Å². The number of aliphatic carboxylic acids is 1. The lowest BCUT2D eigenvalue weighted by Gasteiger charge is -2.12. The molecular weight excluding hydrogens is 222 g/mol. The van der Waals surface area contributed by atoms with Crippen molar-refractivity contribution in [3.8, 4) is 0 Å². The highest BCUT2D eigenvalue weighted by molar-refractivity contribution is 7.98. The predicted molar refractivity (Wildman–Crippen MR) is 66.0 cm³/mol. The fraction of sp³-hybridized carbons (Fsp3) is 0.417. The number of anilines is 1. The van der Waals surface area contributed by atoms with Gasteiger partial charge in [0, 0.05) is 17.1 Å². The van der Waals surface area contributed by atoms with Crippen LogP contribution < -0.4 is 5.32 Å². The molecule has 0 bridgehead atoms. The van der Waals surface area contributed by atoms with Crippen LogP contribution >= 0.6 is 11.8 Å². The molecule has 1 fully saturated rings. The van der Waals surface area contributed by atoms with E-state index < -0.39 is 11.4 Å². The van der Waals surface area contributed by atoms with Crippen molar-refractivity contribution in [2.45, 2.75) is 17.7 Å². The molecule has 0 atom stereocenters. The molecule has 2 rings (SSSR count). The number of nitrogens with one attached hydrogen (secondary N) is 1. The topological polar surface area (TPSA) is 49.3 Å². The molecular formula is C12H15NO2S. The molecule has 1 aliphatic rings. The third-order valence-corrected chi connectivity index (χ3v) is 3.77. The second kappa shape index (κ2) is 4.37. The Kier molecular flexibility index (Phi) is 3.10. The van der Waals surface area contributed by atoms with E-state index in [0.29, 0.717) is 6.54 Å². The maximum absolute atomic E-state index is 11.0. The summed E-state index contributed by atoms with van der Waals surface area (Å²) in [7, 11) is 0. The van der Waals surface area contributed by atoms with Gasteiger partial charge in [-0.05, 0) is 43.4 Å². The van der Waals surface area contributed by atoms with Crippen LogP contribution in [0.15, 0.2) is 29.2 Å². The number of thioether (sulfide) groups is 1. The molecule has 1 aliphatic carbocycles. The molecule has 0 amide bonds. The molecule has 16 heavy (non-hydrogen) atoms. The molecule has 0 aliphatic heterocycles. The quantitative estimate of drug-likeness (QED) is 0.773. The van der Waals surface area contributed by atoms with E-state index in [9.17, 15) is 4.79 Å². The average Bonchev–Trinajstić information content (AvgIpc) is 3.08. The van der Waals surface area contributed by atoms with Gasteiger partial charge in [0.2, 0.25) is 0 Å². The molecule has 1 aromatic carbocycles. The monoisotopic (exact) mass is 237 g/mol. The second-order valence-electron chi connectivity index (χ2n) is 4.17. The number of rotatable bonds is 5. The van der Waals surface area contributed by atoms with Gasteiger partial charge >= 0.3 is 5.97 Å². The van der Waals surface area contributed by atoms with Crippen molar-refractivity contribution in [1.29, 1.82) is 0 Å². The minimum absolute atomic E-state index is 0.502. The first-order valence-electron chi connectivity index (χ1n) is 5.28. The number of carboxylic acid groups (broad SMARTS) is 1. The summed E-state index contributed by atoms with van der Waals surface area (Å²) in [4.78, 5) is 12.2. The van der Waals surface area contributed by atoms with Gasteiger partial charge in [0.05, 0.1) is 5.41 Å². The zero-order chi connectivity index (χ0) is 11.6. The van der Waals surface area contributed by atoms with Gasteiger partial charge in [-0.3, -0.25) is 4.79 Å². The van der Waals surface area contributed by atoms with E-state index in [-0.39, 0.29) is 0 Å². The normalized spacial score (nSPS) is 16.8. The van der Waals surface area contributed by atoms with Crippen LogP contribution in [-0.4, -0.2) is 23.9 Å². The van der Waals surface area contributed by atoms with Crippen LogP contribution in [0.5, 0.6) is 0 Å². The number of hydrogen-bond acceptors (Lipinski definition) is 3. The largest absolute Gasteiger partial charge is 0.481 e.